The molecular weight excluding hydrogens is 298 g/mol. The third-order valence-corrected chi connectivity index (χ3v) is 4.77. The van der Waals surface area contributed by atoms with Gasteiger partial charge in [-0.3, -0.25) is 0 Å². The Kier molecular flexibility index (Phi) is 4.38. The number of quaternary nitrogens is 1. The lowest BCUT2D eigenvalue weighted by atomic mass is 9.90. The van der Waals surface area contributed by atoms with Crippen LogP contribution in [-0.4, -0.2) is 23.2 Å². The lowest BCUT2D eigenvalue weighted by Crippen LogP contribution is -2.86. The highest BCUT2D eigenvalue weighted by atomic mass is 16.5. The van der Waals surface area contributed by atoms with Crippen molar-refractivity contribution in [3.63, 3.8) is 0 Å². The number of aromatic nitrogens is 2. The number of hydrogen-bond donors (Lipinski definition) is 1. The van der Waals surface area contributed by atoms with Crippen LogP contribution < -0.4 is 5.32 Å². The van der Waals surface area contributed by atoms with Gasteiger partial charge in [0.25, 0.3) is 0 Å². The molecule has 0 saturated carbocycles. The highest BCUT2D eigenvalue weighted by Gasteiger charge is 2.27. The molecule has 1 aliphatic heterocycles. The van der Waals surface area contributed by atoms with Crippen molar-refractivity contribution in [3.05, 3.63) is 83.5 Å². The van der Waals surface area contributed by atoms with E-state index in [1.165, 1.54) is 11.1 Å². The highest BCUT2D eigenvalue weighted by Crippen LogP contribution is 2.31. The van der Waals surface area contributed by atoms with E-state index in [0.717, 1.165) is 37.6 Å². The molecule has 2 N–H and O–H groups in total. The van der Waals surface area contributed by atoms with Gasteiger partial charge >= 0.3 is 0 Å². The Balaban J connectivity index is 1.70. The molecular formula is C20H22N3O+. The summed E-state index contributed by atoms with van der Waals surface area (Å²) in [6.07, 6.45) is 2.23. The Morgan fingerprint density at radius 1 is 0.875 bits per heavy atom. The van der Waals surface area contributed by atoms with Gasteiger partial charge in [-0.15, -0.1) is 0 Å². The van der Waals surface area contributed by atoms with Crippen LogP contribution >= 0.6 is 0 Å². The lowest BCUT2D eigenvalue weighted by molar-refractivity contribution is -0.663. The maximum atomic E-state index is 5.65. The summed E-state index contributed by atoms with van der Waals surface area (Å²) in [5, 5.41) is 6.70. The minimum absolute atomic E-state index is 0.0139. The number of nitrogens with two attached hydrogens (primary N) is 1. The molecule has 0 aliphatic carbocycles. The average molecular weight is 320 g/mol. The van der Waals surface area contributed by atoms with Crippen molar-refractivity contribution in [2.75, 3.05) is 13.1 Å². The molecule has 0 unspecified atom stereocenters. The number of benzene rings is 2. The minimum atomic E-state index is 0.0139. The summed E-state index contributed by atoms with van der Waals surface area (Å²) in [6.45, 7) is 2.28. The third-order valence-electron chi connectivity index (χ3n) is 4.77. The van der Waals surface area contributed by atoms with Gasteiger partial charge in [0.2, 0.25) is 5.89 Å². The topological polar surface area (TPSA) is 55.5 Å². The average Bonchev–Trinajstić information content (AvgIpc) is 3.14. The number of nitrogens with zero attached hydrogens (tertiary/aromatic N) is 2. The minimum Gasteiger partial charge on any atom is -0.346 e. The van der Waals surface area contributed by atoms with Gasteiger partial charge in [-0.25, -0.2) is 0 Å². The van der Waals surface area contributed by atoms with E-state index in [-0.39, 0.29) is 5.92 Å². The molecule has 0 radical (unpaired) electrons. The first-order valence-corrected chi connectivity index (χ1v) is 8.67. The Bertz CT molecular complexity index is 724. The second kappa shape index (κ2) is 6.97. The van der Waals surface area contributed by atoms with Crippen LogP contribution in [0.15, 0.2) is 65.2 Å². The number of hydrogen-bond acceptors (Lipinski definition) is 3. The van der Waals surface area contributed by atoms with Crippen molar-refractivity contribution in [2.45, 2.75) is 24.7 Å². The molecule has 24 heavy (non-hydrogen) atoms. The van der Waals surface area contributed by atoms with Crippen molar-refractivity contribution in [3.8, 4) is 0 Å². The Hall–Kier alpha value is -2.46. The zero-order valence-electron chi connectivity index (χ0n) is 13.6. The molecule has 3 aromatic rings. The molecule has 2 aromatic carbocycles. The van der Waals surface area contributed by atoms with E-state index in [4.69, 9.17) is 9.51 Å². The van der Waals surface area contributed by atoms with Gasteiger partial charge in [0.05, 0.1) is 19.0 Å². The SMILES string of the molecule is c1ccc(C(c2ccccc2)c2noc(C3CC[NH2+]CC3)n2)cc1. The molecule has 1 aliphatic rings. The summed E-state index contributed by atoms with van der Waals surface area (Å²) in [4.78, 5) is 4.80. The van der Waals surface area contributed by atoms with Crippen LogP contribution in [0.4, 0.5) is 0 Å². The molecule has 122 valence electrons. The fourth-order valence-electron chi connectivity index (χ4n) is 3.49. The van der Waals surface area contributed by atoms with Gasteiger partial charge in [-0.1, -0.05) is 65.8 Å². The van der Waals surface area contributed by atoms with Gasteiger partial charge < -0.3 is 9.84 Å². The molecule has 4 rings (SSSR count). The number of rotatable bonds is 4. The monoisotopic (exact) mass is 320 g/mol. The van der Waals surface area contributed by atoms with Crippen LogP contribution in [0.25, 0.3) is 0 Å². The zero-order chi connectivity index (χ0) is 16.2. The van der Waals surface area contributed by atoms with Gasteiger partial charge in [-0.2, -0.15) is 4.98 Å². The van der Waals surface area contributed by atoms with E-state index < -0.39 is 0 Å². The molecule has 0 bridgehead atoms. The Labute approximate surface area is 141 Å². The van der Waals surface area contributed by atoms with Crippen LogP contribution in [0.2, 0.25) is 0 Å². The highest BCUT2D eigenvalue weighted by molar-refractivity contribution is 5.37. The van der Waals surface area contributed by atoms with Crippen LogP contribution in [0.5, 0.6) is 0 Å². The second-order valence-corrected chi connectivity index (χ2v) is 6.39. The van der Waals surface area contributed by atoms with Crippen molar-refractivity contribution >= 4 is 0 Å². The molecule has 0 amide bonds. The smallest absolute Gasteiger partial charge is 0.230 e. The summed E-state index contributed by atoms with van der Waals surface area (Å²) in [5.41, 5.74) is 2.38. The standard InChI is InChI=1S/C20H21N3O/c1-3-7-15(8-4-1)18(16-9-5-2-6-10-16)19-22-20(24-23-19)17-11-13-21-14-12-17/h1-10,17-18,21H,11-14H2/p+1. The fraction of sp³-hybridized carbons (Fsp3) is 0.300. The van der Waals surface area contributed by atoms with E-state index >= 15 is 0 Å². The van der Waals surface area contributed by atoms with Gasteiger partial charge in [0.15, 0.2) is 5.82 Å². The first-order chi connectivity index (χ1) is 11.9. The lowest BCUT2D eigenvalue weighted by Gasteiger charge is -2.16. The molecule has 2 heterocycles. The van der Waals surface area contributed by atoms with Crippen molar-refractivity contribution in [2.24, 2.45) is 0 Å². The molecule has 4 heteroatoms. The molecule has 0 spiro atoms. The maximum absolute atomic E-state index is 5.65. The molecule has 1 fully saturated rings. The van der Waals surface area contributed by atoms with Crippen LogP contribution in [0, 0.1) is 0 Å². The van der Waals surface area contributed by atoms with Crippen LogP contribution in [-0.2, 0) is 0 Å². The summed E-state index contributed by atoms with van der Waals surface area (Å²) >= 11 is 0. The molecule has 1 saturated heterocycles. The summed E-state index contributed by atoms with van der Waals surface area (Å²) in [5.74, 6) is 1.98. The van der Waals surface area contributed by atoms with Gasteiger partial charge in [0.1, 0.15) is 0 Å². The molecule has 4 nitrogen and oxygen atoms in total. The van der Waals surface area contributed by atoms with E-state index in [9.17, 15) is 0 Å². The number of piperidine rings is 1. The third kappa shape index (κ3) is 3.10. The van der Waals surface area contributed by atoms with Crippen molar-refractivity contribution < 1.29 is 9.84 Å². The predicted octanol–water partition coefficient (Wildman–Crippen LogP) is 2.69. The summed E-state index contributed by atoms with van der Waals surface area (Å²) in [7, 11) is 0. The van der Waals surface area contributed by atoms with Crippen LogP contribution in [0.3, 0.4) is 0 Å². The Morgan fingerprint density at radius 3 is 2.04 bits per heavy atom. The molecule has 0 atom stereocenters. The van der Waals surface area contributed by atoms with E-state index in [1.807, 2.05) is 12.1 Å². The summed E-state index contributed by atoms with van der Waals surface area (Å²) in [6, 6.07) is 20.8. The quantitative estimate of drug-likeness (QED) is 0.804. The van der Waals surface area contributed by atoms with Gasteiger partial charge in [-0.05, 0) is 11.1 Å². The largest absolute Gasteiger partial charge is 0.346 e. The second-order valence-electron chi connectivity index (χ2n) is 6.39. The van der Waals surface area contributed by atoms with E-state index in [0.29, 0.717) is 5.92 Å². The first kappa shape index (κ1) is 15.1. The predicted molar refractivity (Wildman–Crippen MR) is 91.8 cm³/mol. The fourth-order valence-corrected chi connectivity index (χ4v) is 3.49. The first-order valence-electron chi connectivity index (χ1n) is 8.67. The van der Waals surface area contributed by atoms with E-state index in [1.54, 1.807) is 0 Å². The summed E-state index contributed by atoms with van der Waals surface area (Å²) < 4.78 is 5.65. The normalized spacial score (nSPS) is 15.7. The van der Waals surface area contributed by atoms with Crippen molar-refractivity contribution in [1.29, 1.82) is 0 Å². The Morgan fingerprint density at radius 2 is 1.46 bits per heavy atom. The van der Waals surface area contributed by atoms with Crippen molar-refractivity contribution in [1.82, 2.24) is 10.1 Å². The van der Waals surface area contributed by atoms with Gasteiger partial charge in [0, 0.05) is 18.8 Å². The zero-order valence-corrected chi connectivity index (χ0v) is 13.6. The van der Waals surface area contributed by atoms with Crippen LogP contribution in [0.1, 0.15) is 47.5 Å². The molecule has 1 aromatic heterocycles. The maximum Gasteiger partial charge on any atom is 0.230 e. The van der Waals surface area contributed by atoms with E-state index in [2.05, 4.69) is 59.0 Å².